The molecule has 0 saturated carbocycles. The van der Waals surface area contributed by atoms with Crippen molar-refractivity contribution in [3.05, 3.63) is 47.7 Å². The molecule has 7 nitrogen and oxygen atoms in total. The molecule has 1 saturated heterocycles. The average Bonchev–Trinajstić information content (AvgIpc) is 3.31. The van der Waals surface area contributed by atoms with Crippen LogP contribution in [-0.4, -0.2) is 44.2 Å². The molecule has 1 N–H and O–H groups in total. The zero-order valence-electron chi connectivity index (χ0n) is 16.4. The van der Waals surface area contributed by atoms with Gasteiger partial charge in [-0.3, -0.25) is 0 Å². The molecule has 4 aromatic heterocycles. The summed E-state index contributed by atoms with van der Waals surface area (Å²) < 4.78 is 9.60. The number of fused-ring (bicyclic) bond motifs is 2. The second kappa shape index (κ2) is 6.60. The molecular weight excluding hydrogens is 352 g/mol. The number of nitrogens with zero attached hydrogens (tertiary/aromatic N) is 5. The van der Waals surface area contributed by atoms with Gasteiger partial charge in [0.1, 0.15) is 0 Å². The maximum atomic E-state index is 5.67. The highest BCUT2D eigenvalue weighted by Crippen LogP contribution is 2.31. The van der Waals surface area contributed by atoms with Crippen molar-refractivity contribution in [3.63, 3.8) is 0 Å². The fraction of sp³-hybridized carbons (Fsp3) is 0.381. The molecule has 0 spiro atoms. The van der Waals surface area contributed by atoms with E-state index in [2.05, 4.69) is 40.1 Å². The van der Waals surface area contributed by atoms with E-state index in [0.717, 1.165) is 71.2 Å². The first-order valence-corrected chi connectivity index (χ1v) is 9.74. The molecule has 1 aliphatic rings. The molecule has 1 fully saturated rings. The minimum absolute atomic E-state index is 0.500. The predicted molar refractivity (Wildman–Crippen MR) is 108 cm³/mol. The third-order valence-corrected chi connectivity index (χ3v) is 5.54. The van der Waals surface area contributed by atoms with Crippen LogP contribution in [-0.2, 0) is 0 Å². The first kappa shape index (κ1) is 17.2. The summed E-state index contributed by atoms with van der Waals surface area (Å²) in [6.45, 7) is 6.15. The standard InChI is InChI=1S/C21H24N6O/c1-13-8-17(25-27-10-14(2)23-20(13)27)16-9-19(28-3)21-24-18(12-26(21)11-16)15-4-6-22-7-5-15/h8-12,15,22H,4-7H2,1-3H3. The van der Waals surface area contributed by atoms with Gasteiger partial charge in [0.2, 0.25) is 0 Å². The lowest BCUT2D eigenvalue weighted by molar-refractivity contribution is 0.417. The van der Waals surface area contributed by atoms with Crippen LogP contribution in [0, 0.1) is 13.8 Å². The predicted octanol–water partition coefficient (Wildman–Crippen LogP) is 3.14. The summed E-state index contributed by atoms with van der Waals surface area (Å²) in [5.74, 6) is 1.26. The summed E-state index contributed by atoms with van der Waals surface area (Å²) in [7, 11) is 1.69. The minimum atomic E-state index is 0.500. The Kier molecular flexibility index (Phi) is 4.05. The molecule has 0 bridgehead atoms. The molecule has 0 amide bonds. The van der Waals surface area contributed by atoms with E-state index in [1.54, 1.807) is 7.11 Å². The van der Waals surface area contributed by atoms with E-state index in [1.165, 1.54) is 0 Å². The van der Waals surface area contributed by atoms with E-state index in [0.29, 0.717) is 5.92 Å². The maximum absolute atomic E-state index is 5.67. The van der Waals surface area contributed by atoms with Crippen molar-refractivity contribution in [1.82, 2.24) is 29.3 Å². The topological polar surface area (TPSA) is 68.8 Å². The smallest absolute Gasteiger partial charge is 0.179 e. The van der Waals surface area contributed by atoms with Crippen LogP contribution in [0.4, 0.5) is 0 Å². The van der Waals surface area contributed by atoms with Gasteiger partial charge in [0.15, 0.2) is 17.0 Å². The highest BCUT2D eigenvalue weighted by atomic mass is 16.5. The summed E-state index contributed by atoms with van der Waals surface area (Å²) >= 11 is 0. The van der Waals surface area contributed by atoms with E-state index in [1.807, 2.05) is 23.7 Å². The van der Waals surface area contributed by atoms with Gasteiger partial charge in [0, 0.05) is 23.9 Å². The van der Waals surface area contributed by atoms with Crippen LogP contribution in [0.2, 0.25) is 0 Å². The van der Waals surface area contributed by atoms with Gasteiger partial charge in [-0.25, -0.2) is 14.5 Å². The van der Waals surface area contributed by atoms with Gasteiger partial charge in [-0.05, 0) is 57.5 Å². The van der Waals surface area contributed by atoms with Crippen LogP contribution in [0.5, 0.6) is 5.75 Å². The number of rotatable bonds is 3. The number of methoxy groups -OCH3 is 1. The third-order valence-electron chi connectivity index (χ3n) is 5.54. The first-order valence-electron chi connectivity index (χ1n) is 9.74. The van der Waals surface area contributed by atoms with Crippen LogP contribution >= 0.6 is 0 Å². The number of ether oxygens (including phenoxy) is 1. The van der Waals surface area contributed by atoms with E-state index in [4.69, 9.17) is 14.8 Å². The van der Waals surface area contributed by atoms with Gasteiger partial charge in [-0.1, -0.05) is 0 Å². The van der Waals surface area contributed by atoms with Crippen LogP contribution < -0.4 is 10.1 Å². The van der Waals surface area contributed by atoms with Crippen LogP contribution in [0.3, 0.4) is 0 Å². The first-order chi connectivity index (χ1) is 13.6. The Morgan fingerprint density at radius 2 is 1.86 bits per heavy atom. The zero-order chi connectivity index (χ0) is 19.3. The lowest BCUT2D eigenvalue weighted by atomic mass is 9.95. The van der Waals surface area contributed by atoms with Crippen molar-refractivity contribution in [2.45, 2.75) is 32.6 Å². The number of pyridine rings is 1. The summed E-state index contributed by atoms with van der Waals surface area (Å²) in [4.78, 5) is 9.43. The molecule has 1 aliphatic heterocycles. The van der Waals surface area contributed by atoms with Crippen LogP contribution in [0.1, 0.15) is 35.7 Å². The number of hydrogen-bond acceptors (Lipinski definition) is 5. The minimum Gasteiger partial charge on any atom is -0.493 e. The molecule has 4 aromatic rings. The fourth-order valence-electron chi connectivity index (χ4n) is 4.08. The second-order valence-electron chi connectivity index (χ2n) is 7.58. The summed E-state index contributed by atoms with van der Waals surface area (Å²) in [5, 5.41) is 8.18. The van der Waals surface area contributed by atoms with Crippen molar-refractivity contribution >= 4 is 11.3 Å². The van der Waals surface area contributed by atoms with Gasteiger partial charge in [0.05, 0.1) is 30.4 Å². The van der Waals surface area contributed by atoms with E-state index < -0.39 is 0 Å². The monoisotopic (exact) mass is 376 g/mol. The number of piperidine rings is 1. The molecule has 0 unspecified atom stereocenters. The fourth-order valence-corrected chi connectivity index (χ4v) is 4.08. The summed E-state index contributed by atoms with van der Waals surface area (Å²) in [6.07, 6.45) is 8.43. The SMILES string of the molecule is COc1cc(-c2cc(C)c3nc(C)cn3n2)cn2cc(C3CCNCC3)nc12. The Bertz CT molecular complexity index is 1170. The van der Waals surface area contributed by atoms with Gasteiger partial charge < -0.3 is 14.5 Å². The molecule has 0 atom stereocenters. The molecule has 0 aliphatic carbocycles. The normalized spacial score (nSPS) is 15.5. The second-order valence-corrected chi connectivity index (χ2v) is 7.58. The van der Waals surface area contributed by atoms with E-state index >= 15 is 0 Å². The van der Waals surface area contributed by atoms with Crippen molar-refractivity contribution in [2.75, 3.05) is 20.2 Å². The van der Waals surface area contributed by atoms with Crippen LogP contribution in [0.25, 0.3) is 22.6 Å². The number of hydrogen-bond donors (Lipinski definition) is 1. The van der Waals surface area contributed by atoms with Crippen molar-refractivity contribution in [1.29, 1.82) is 0 Å². The Morgan fingerprint density at radius 1 is 1.04 bits per heavy atom. The van der Waals surface area contributed by atoms with E-state index in [9.17, 15) is 0 Å². The highest BCUT2D eigenvalue weighted by Gasteiger charge is 2.20. The molecular formula is C21H24N6O. The van der Waals surface area contributed by atoms with Crippen molar-refractivity contribution in [3.8, 4) is 17.0 Å². The largest absolute Gasteiger partial charge is 0.493 e. The molecule has 5 heterocycles. The third kappa shape index (κ3) is 2.82. The molecule has 5 rings (SSSR count). The molecule has 28 heavy (non-hydrogen) atoms. The van der Waals surface area contributed by atoms with Crippen LogP contribution in [0.15, 0.2) is 30.7 Å². The van der Waals surface area contributed by atoms with Gasteiger partial charge >= 0.3 is 0 Å². The molecule has 7 heteroatoms. The lowest BCUT2D eigenvalue weighted by Gasteiger charge is -2.20. The average molecular weight is 376 g/mol. The Labute approximate surface area is 163 Å². The highest BCUT2D eigenvalue weighted by molar-refractivity contribution is 5.69. The van der Waals surface area contributed by atoms with Gasteiger partial charge in [-0.2, -0.15) is 5.10 Å². The quantitative estimate of drug-likeness (QED) is 0.595. The van der Waals surface area contributed by atoms with Gasteiger partial charge in [0.25, 0.3) is 0 Å². The Balaban J connectivity index is 1.63. The Morgan fingerprint density at radius 3 is 2.64 bits per heavy atom. The molecule has 0 radical (unpaired) electrons. The molecule has 0 aromatic carbocycles. The summed E-state index contributed by atoms with van der Waals surface area (Å²) in [6, 6.07) is 4.10. The zero-order valence-corrected chi connectivity index (χ0v) is 16.4. The van der Waals surface area contributed by atoms with Crippen molar-refractivity contribution in [2.24, 2.45) is 0 Å². The van der Waals surface area contributed by atoms with E-state index in [-0.39, 0.29) is 0 Å². The number of imidazole rings is 2. The summed E-state index contributed by atoms with van der Waals surface area (Å²) in [5.41, 5.74) is 6.83. The maximum Gasteiger partial charge on any atom is 0.179 e. The lowest BCUT2D eigenvalue weighted by Crippen LogP contribution is -2.26. The number of aryl methyl sites for hydroxylation is 2. The number of aromatic nitrogens is 5. The molecule has 144 valence electrons. The van der Waals surface area contributed by atoms with Gasteiger partial charge in [-0.15, -0.1) is 0 Å². The van der Waals surface area contributed by atoms with Crippen molar-refractivity contribution < 1.29 is 4.74 Å². The number of nitrogens with one attached hydrogen (secondary N) is 1. The Hall–Kier alpha value is -2.93.